The summed E-state index contributed by atoms with van der Waals surface area (Å²) < 4.78 is 28.2. The van der Waals surface area contributed by atoms with Crippen LogP contribution in [-0.2, 0) is 10.0 Å². The number of amides is 1. The summed E-state index contributed by atoms with van der Waals surface area (Å²) in [5.74, 6) is 1.27. The Hall–Kier alpha value is -2.34. The Balaban J connectivity index is 1.51. The number of benzene rings is 2. The lowest BCUT2D eigenvalue weighted by molar-refractivity contribution is 0.0520. The van der Waals surface area contributed by atoms with Gasteiger partial charge < -0.3 is 4.90 Å². The predicted molar refractivity (Wildman–Crippen MR) is 114 cm³/mol. The lowest BCUT2D eigenvalue weighted by Gasteiger charge is -2.41. The number of carbonyl (C=O) groups is 1. The van der Waals surface area contributed by atoms with Gasteiger partial charge in [-0.3, -0.25) is 9.52 Å². The fourth-order valence-corrected chi connectivity index (χ4v) is 5.78. The number of rotatable bonds is 4. The molecule has 6 heteroatoms. The SMILES string of the molecule is Cc1cccc(NS(=O)(=O)c2cccc(C(=O)N3CC[C@@H]4CCCC[C@H]4C3)c2)c1. The number of sulfonamides is 1. The first-order chi connectivity index (χ1) is 13.9. The number of aryl methyl sites for hydroxylation is 1. The molecule has 1 amide bonds. The maximum atomic E-state index is 13.1. The van der Waals surface area contributed by atoms with Crippen LogP contribution in [0.15, 0.2) is 53.4 Å². The van der Waals surface area contributed by atoms with E-state index in [0.29, 0.717) is 17.2 Å². The van der Waals surface area contributed by atoms with Crippen LogP contribution in [0.3, 0.4) is 0 Å². The molecular formula is C23H28N2O3S. The van der Waals surface area contributed by atoms with Crippen LogP contribution in [0.25, 0.3) is 0 Å². The average Bonchev–Trinajstić information content (AvgIpc) is 2.72. The average molecular weight is 413 g/mol. The van der Waals surface area contributed by atoms with Gasteiger partial charge in [0.05, 0.1) is 4.90 Å². The van der Waals surface area contributed by atoms with Gasteiger partial charge in [0.2, 0.25) is 0 Å². The Bertz CT molecular complexity index is 1000. The lowest BCUT2D eigenvalue weighted by atomic mass is 9.75. The third-order valence-corrected chi connectivity index (χ3v) is 7.62. The van der Waals surface area contributed by atoms with Crippen LogP contribution in [0, 0.1) is 18.8 Å². The number of anilines is 1. The zero-order valence-electron chi connectivity index (χ0n) is 16.8. The monoisotopic (exact) mass is 412 g/mol. The van der Waals surface area contributed by atoms with E-state index in [1.807, 2.05) is 24.0 Å². The van der Waals surface area contributed by atoms with Crippen molar-refractivity contribution < 1.29 is 13.2 Å². The molecule has 2 aromatic carbocycles. The Morgan fingerprint density at radius 2 is 1.76 bits per heavy atom. The van der Waals surface area contributed by atoms with Crippen LogP contribution in [-0.4, -0.2) is 32.3 Å². The molecule has 2 aromatic rings. The van der Waals surface area contributed by atoms with Crippen molar-refractivity contribution in [1.82, 2.24) is 4.90 Å². The topological polar surface area (TPSA) is 66.5 Å². The van der Waals surface area contributed by atoms with Gasteiger partial charge >= 0.3 is 0 Å². The molecule has 0 aromatic heterocycles. The number of carbonyl (C=O) groups excluding carboxylic acids is 1. The van der Waals surface area contributed by atoms with Gasteiger partial charge in [0.25, 0.3) is 15.9 Å². The highest BCUT2D eigenvalue weighted by molar-refractivity contribution is 7.92. The van der Waals surface area contributed by atoms with Gasteiger partial charge in [-0.25, -0.2) is 8.42 Å². The predicted octanol–water partition coefficient (Wildman–Crippen LogP) is 4.45. The molecule has 29 heavy (non-hydrogen) atoms. The van der Waals surface area contributed by atoms with Gasteiger partial charge in [-0.15, -0.1) is 0 Å². The summed E-state index contributed by atoms with van der Waals surface area (Å²) in [6.45, 7) is 3.47. The van der Waals surface area contributed by atoms with Crippen LogP contribution >= 0.6 is 0 Å². The molecule has 2 aliphatic rings. The molecule has 1 aliphatic carbocycles. The summed E-state index contributed by atoms with van der Waals surface area (Å²) in [6.07, 6.45) is 6.10. The molecule has 5 nitrogen and oxygen atoms in total. The fraction of sp³-hybridized carbons (Fsp3) is 0.435. The van der Waals surface area contributed by atoms with E-state index in [-0.39, 0.29) is 10.8 Å². The number of nitrogens with one attached hydrogen (secondary N) is 1. The van der Waals surface area contributed by atoms with Crippen molar-refractivity contribution in [2.75, 3.05) is 17.8 Å². The zero-order valence-corrected chi connectivity index (χ0v) is 17.6. The van der Waals surface area contributed by atoms with Crippen molar-refractivity contribution in [2.45, 2.75) is 43.9 Å². The van der Waals surface area contributed by atoms with Crippen LogP contribution in [0.4, 0.5) is 5.69 Å². The van der Waals surface area contributed by atoms with Gasteiger partial charge in [-0.05, 0) is 67.5 Å². The lowest BCUT2D eigenvalue weighted by Crippen LogP contribution is -2.44. The standard InChI is InChI=1S/C23H28N2O3S/c1-17-6-4-10-21(14-17)24-29(27,28)22-11-5-9-19(15-22)23(26)25-13-12-18-7-2-3-8-20(18)16-25/h4-6,9-11,14-15,18,20,24H,2-3,7-8,12-13,16H2,1H3/t18-,20-/m0/s1. The van der Waals surface area contributed by atoms with Gasteiger partial charge in [-0.1, -0.05) is 37.5 Å². The minimum Gasteiger partial charge on any atom is -0.338 e. The summed E-state index contributed by atoms with van der Waals surface area (Å²) in [6, 6.07) is 13.6. The highest BCUT2D eigenvalue weighted by Crippen LogP contribution is 2.36. The Morgan fingerprint density at radius 3 is 2.55 bits per heavy atom. The first-order valence-corrected chi connectivity index (χ1v) is 11.9. The molecule has 1 saturated heterocycles. The summed E-state index contributed by atoms with van der Waals surface area (Å²) in [5, 5.41) is 0. The molecule has 2 fully saturated rings. The van der Waals surface area contributed by atoms with Crippen molar-refractivity contribution in [1.29, 1.82) is 0 Å². The van der Waals surface area contributed by atoms with Crippen molar-refractivity contribution in [2.24, 2.45) is 11.8 Å². The molecule has 0 bridgehead atoms. The molecule has 1 heterocycles. The van der Waals surface area contributed by atoms with Crippen molar-refractivity contribution >= 4 is 21.6 Å². The van der Waals surface area contributed by atoms with E-state index in [9.17, 15) is 13.2 Å². The second-order valence-electron chi connectivity index (χ2n) is 8.35. The number of hydrogen-bond donors (Lipinski definition) is 1. The smallest absolute Gasteiger partial charge is 0.261 e. The van der Waals surface area contributed by atoms with Gasteiger partial charge in [0.1, 0.15) is 0 Å². The van der Waals surface area contributed by atoms with Gasteiger partial charge in [-0.2, -0.15) is 0 Å². The minimum absolute atomic E-state index is 0.0679. The second-order valence-corrected chi connectivity index (χ2v) is 10.0. The Kier molecular flexibility index (Phi) is 5.63. The third-order valence-electron chi connectivity index (χ3n) is 6.24. The highest BCUT2D eigenvalue weighted by atomic mass is 32.2. The minimum atomic E-state index is -3.76. The van der Waals surface area contributed by atoms with E-state index < -0.39 is 10.0 Å². The van der Waals surface area contributed by atoms with E-state index in [2.05, 4.69) is 4.72 Å². The highest BCUT2D eigenvalue weighted by Gasteiger charge is 2.33. The Labute approximate surface area is 173 Å². The van der Waals surface area contributed by atoms with Gasteiger partial charge in [0, 0.05) is 24.3 Å². The summed E-state index contributed by atoms with van der Waals surface area (Å²) in [4.78, 5) is 15.1. The van der Waals surface area contributed by atoms with Crippen LogP contribution < -0.4 is 4.72 Å². The number of fused-ring (bicyclic) bond motifs is 1. The maximum Gasteiger partial charge on any atom is 0.261 e. The zero-order chi connectivity index (χ0) is 20.4. The molecule has 2 atom stereocenters. The van der Waals surface area contributed by atoms with E-state index in [4.69, 9.17) is 0 Å². The molecule has 4 rings (SSSR count). The quantitative estimate of drug-likeness (QED) is 0.807. The van der Waals surface area contributed by atoms with Crippen LogP contribution in [0.1, 0.15) is 48.0 Å². The third kappa shape index (κ3) is 4.47. The molecule has 1 aliphatic heterocycles. The maximum absolute atomic E-state index is 13.1. The van der Waals surface area contributed by atoms with Crippen LogP contribution in [0.5, 0.6) is 0 Å². The molecule has 0 spiro atoms. The van der Waals surface area contributed by atoms with E-state index in [0.717, 1.165) is 31.0 Å². The molecule has 0 radical (unpaired) electrons. The second kappa shape index (κ2) is 8.19. The molecule has 1 saturated carbocycles. The number of piperidine rings is 1. The number of nitrogens with zero attached hydrogens (tertiary/aromatic N) is 1. The van der Waals surface area contributed by atoms with Crippen molar-refractivity contribution in [3.05, 3.63) is 59.7 Å². The normalized spacial score (nSPS) is 22.0. The first-order valence-electron chi connectivity index (χ1n) is 10.4. The van der Waals surface area contributed by atoms with E-state index in [1.54, 1.807) is 24.3 Å². The largest absolute Gasteiger partial charge is 0.338 e. The first kappa shape index (κ1) is 20.0. The fourth-order valence-electron chi connectivity index (χ4n) is 4.69. The van der Waals surface area contributed by atoms with Crippen LogP contribution in [0.2, 0.25) is 0 Å². The summed E-state index contributed by atoms with van der Waals surface area (Å²) >= 11 is 0. The summed E-state index contributed by atoms with van der Waals surface area (Å²) in [7, 11) is -3.76. The van der Waals surface area contributed by atoms with E-state index in [1.165, 1.54) is 37.8 Å². The van der Waals surface area contributed by atoms with Crippen molar-refractivity contribution in [3.63, 3.8) is 0 Å². The van der Waals surface area contributed by atoms with Gasteiger partial charge in [0.15, 0.2) is 0 Å². The van der Waals surface area contributed by atoms with E-state index >= 15 is 0 Å². The molecule has 0 unspecified atom stereocenters. The summed E-state index contributed by atoms with van der Waals surface area (Å²) in [5.41, 5.74) is 1.92. The molecule has 154 valence electrons. The number of likely N-dealkylation sites (tertiary alicyclic amines) is 1. The van der Waals surface area contributed by atoms with Crippen molar-refractivity contribution in [3.8, 4) is 0 Å². The number of hydrogen-bond acceptors (Lipinski definition) is 3. The Morgan fingerprint density at radius 1 is 1.00 bits per heavy atom. The molecular weight excluding hydrogens is 384 g/mol. The molecule has 1 N–H and O–H groups in total.